The molecule has 1 aliphatic rings. The molecule has 0 fully saturated rings. The van der Waals surface area contributed by atoms with Crippen LogP contribution >= 0.6 is 0 Å². The van der Waals surface area contributed by atoms with Crippen LogP contribution in [0.15, 0.2) is 24.3 Å². The minimum absolute atomic E-state index is 0.431. The summed E-state index contributed by atoms with van der Waals surface area (Å²) in [6, 6.07) is 7.86. The molecule has 1 heterocycles. The second-order valence-electron chi connectivity index (χ2n) is 3.61. The van der Waals surface area contributed by atoms with Crippen molar-refractivity contribution < 1.29 is 9.53 Å². The van der Waals surface area contributed by atoms with E-state index in [0.717, 1.165) is 17.5 Å². The van der Waals surface area contributed by atoms with Gasteiger partial charge in [-0.15, -0.1) is 0 Å². The van der Waals surface area contributed by atoms with Gasteiger partial charge in [-0.1, -0.05) is 18.2 Å². The fraction of sp³-hybridized carbons (Fsp3) is 0.364. The number of benzene rings is 1. The number of fused-ring (bicyclic) bond motifs is 1. The maximum Gasteiger partial charge on any atom is 0.134 e. The molecule has 0 aromatic heterocycles. The van der Waals surface area contributed by atoms with Crippen LogP contribution in [0.3, 0.4) is 0 Å². The highest BCUT2D eigenvalue weighted by molar-refractivity contribution is 5.78. The van der Waals surface area contributed by atoms with Crippen molar-refractivity contribution in [1.29, 1.82) is 0 Å². The van der Waals surface area contributed by atoms with Crippen LogP contribution in [-0.4, -0.2) is 26.5 Å². The summed E-state index contributed by atoms with van der Waals surface area (Å²) in [5.41, 5.74) is 1.58. The molecule has 3 heteroatoms. The van der Waals surface area contributed by atoms with Gasteiger partial charge < -0.3 is 14.8 Å². The number of para-hydroxylation sites is 1. The third-order valence-corrected chi connectivity index (χ3v) is 2.69. The number of rotatable bonds is 3. The van der Waals surface area contributed by atoms with Gasteiger partial charge in [0.1, 0.15) is 6.29 Å². The van der Waals surface area contributed by atoms with Crippen LogP contribution in [0.2, 0.25) is 0 Å². The Labute approximate surface area is 83.1 Å². The van der Waals surface area contributed by atoms with Crippen molar-refractivity contribution >= 4 is 12.0 Å². The highest BCUT2D eigenvalue weighted by atomic mass is 16.5. The number of nitrogens with one attached hydrogen (secondary N) is 1. The number of methoxy groups -OCH3 is 1. The molecule has 14 heavy (non-hydrogen) atoms. The SMILES string of the molecule is COCC1(C=O)CNc2ccccc21. The summed E-state index contributed by atoms with van der Waals surface area (Å²) >= 11 is 0. The monoisotopic (exact) mass is 191 g/mol. The molecule has 1 aliphatic heterocycles. The number of carbonyl (C=O) groups is 1. The zero-order valence-corrected chi connectivity index (χ0v) is 8.12. The highest BCUT2D eigenvalue weighted by Crippen LogP contribution is 2.35. The largest absolute Gasteiger partial charge is 0.383 e. The van der Waals surface area contributed by atoms with E-state index in [0.29, 0.717) is 13.2 Å². The number of aldehydes is 1. The lowest BCUT2D eigenvalue weighted by molar-refractivity contribution is -0.113. The van der Waals surface area contributed by atoms with Crippen LogP contribution in [0.1, 0.15) is 5.56 Å². The molecule has 0 saturated heterocycles. The topological polar surface area (TPSA) is 38.3 Å². The molecule has 74 valence electrons. The van der Waals surface area contributed by atoms with E-state index >= 15 is 0 Å². The summed E-state index contributed by atoms with van der Waals surface area (Å²) in [6.45, 7) is 1.06. The molecule has 0 spiro atoms. The molecule has 1 aromatic carbocycles. The Morgan fingerprint density at radius 2 is 2.36 bits per heavy atom. The highest BCUT2D eigenvalue weighted by Gasteiger charge is 2.38. The van der Waals surface area contributed by atoms with Crippen molar-refractivity contribution in [1.82, 2.24) is 0 Å². The first-order chi connectivity index (χ1) is 6.82. The molecule has 0 saturated carbocycles. The van der Waals surface area contributed by atoms with E-state index in [9.17, 15) is 4.79 Å². The zero-order valence-electron chi connectivity index (χ0n) is 8.12. The Morgan fingerprint density at radius 3 is 3.07 bits per heavy atom. The summed E-state index contributed by atoms with van der Waals surface area (Å²) in [7, 11) is 1.62. The van der Waals surface area contributed by atoms with Crippen molar-refractivity contribution in [2.45, 2.75) is 5.41 Å². The smallest absolute Gasteiger partial charge is 0.134 e. The fourth-order valence-corrected chi connectivity index (χ4v) is 1.95. The van der Waals surface area contributed by atoms with Crippen molar-refractivity contribution in [3.63, 3.8) is 0 Å². The molecular formula is C11H13NO2. The second kappa shape index (κ2) is 3.42. The summed E-state index contributed by atoms with van der Waals surface area (Å²) < 4.78 is 5.11. The maximum absolute atomic E-state index is 11.2. The van der Waals surface area contributed by atoms with E-state index in [4.69, 9.17) is 4.74 Å². The number of carbonyl (C=O) groups excluding carboxylic acids is 1. The minimum atomic E-state index is -0.495. The predicted octanol–water partition coefficient (Wildman–Crippen LogP) is 1.20. The normalized spacial score (nSPS) is 24.1. The molecule has 1 N–H and O–H groups in total. The van der Waals surface area contributed by atoms with Gasteiger partial charge in [-0.3, -0.25) is 0 Å². The van der Waals surface area contributed by atoms with E-state index in [2.05, 4.69) is 5.32 Å². The molecular weight excluding hydrogens is 178 g/mol. The molecule has 0 radical (unpaired) electrons. The van der Waals surface area contributed by atoms with Crippen LogP contribution in [0.4, 0.5) is 5.69 Å². The lowest BCUT2D eigenvalue weighted by Crippen LogP contribution is -2.35. The predicted molar refractivity (Wildman–Crippen MR) is 54.5 cm³/mol. The van der Waals surface area contributed by atoms with Gasteiger partial charge in [-0.05, 0) is 11.6 Å². The molecule has 0 bridgehead atoms. The molecule has 1 atom stereocenters. The minimum Gasteiger partial charge on any atom is -0.383 e. The number of hydrogen-bond acceptors (Lipinski definition) is 3. The molecule has 1 aromatic rings. The third kappa shape index (κ3) is 1.21. The van der Waals surface area contributed by atoms with E-state index < -0.39 is 5.41 Å². The molecule has 1 unspecified atom stereocenters. The average molecular weight is 191 g/mol. The second-order valence-corrected chi connectivity index (χ2v) is 3.61. The molecule has 0 aliphatic carbocycles. The van der Waals surface area contributed by atoms with E-state index in [1.54, 1.807) is 7.11 Å². The fourth-order valence-electron chi connectivity index (χ4n) is 1.95. The van der Waals surface area contributed by atoms with Gasteiger partial charge in [-0.25, -0.2) is 0 Å². The van der Waals surface area contributed by atoms with Gasteiger partial charge >= 0.3 is 0 Å². The van der Waals surface area contributed by atoms with E-state index in [1.807, 2.05) is 24.3 Å². The van der Waals surface area contributed by atoms with Gasteiger partial charge in [0.2, 0.25) is 0 Å². The standard InChI is InChI=1S/C11H13NO2/c1-14-8-11(7-13)6-12-10-5-3-2-4-9(10)11/h2-5,7,12H,6,8H2,1H3. The summed E-state index contributed by atoms with van der Waals surface area (Å²) in [5, 5.41) is 3.22. The third-order valence-electron chi connectivity index (χ3n) is 2.69. The Bertz CT molecular complexity index is 347. The quantitative estimate of drug-likeness (QED) is 0.729. The van der Waals surface area contributed by atoms with Gasteiger partial charge in [0.05, 0.1) is 12.0 Å². The lowest BCUT2D eigenvalue weighted by atomic mass is 9.85. The first kappa shape index (κ1) is 9.21. The molecule has 3 nitrogen and oxygen atoms in total. The van der Waals surface area contributed by atoms with Crippen LogP contribution in [0.5, 0.6) is 0 Å². The van der Waals surface area contributed by atoms with Gasteiger partial charge in [0.25, 0.3) is 0 Å². The van der Waals surface area contributed by atoms with Crippen LogP contribution < -0.4 is 5.32 Å². The number of hydrogen-bond donors (Lipinski definition) is 1. The van der Waals surface area contributed by atoms with Gasteiger partial charge in [0, 0.05) is 19.3 Å². The maximum atomic E-state index is 11.2. The summed E-state index contributed by atoms with van der Waals surface area (Å²) in [6.07, 6.45) is 0.981. The van der Waals surface area contributed by atoms with Crippen LogP contribution in [0.25, 0.3) is 0 Å². The first-order valence-electron chi connectivity index (χ1n) is 4.61. The molecule has 0 amide bonds. The molecule has 2 rings (SSSR count). The Morgan fingerprint density at radius 1 is 1.57 bits per heavy atom. The Balaban J connectivity index is 2.44. The van der Waals surface area contributed by atoms with Crippen molar-refractivity contribution in [3.8, 4) is 0 Å². The average Bonchev–Trinajstić information content (AvgIpc) is 2.59. The number of anilines is 1. The number of ether oxygens (including phenoxy) is 1. The Kier molecular flexibility index (Phi) is 2.25. The van der Waals surface area contributed by atoms with Crippen molar-refractivity contribution in [3.05, 3.63) is 29.8 Å². The lowest BCUT2D eigenvalue weighted by Gasteiger charge is -2.20. The van der Waals surface area contributed by atoms with Gasteiger partial charge in [-0.2, -0.15) is 0 Å². The summed E-state index contributed by atoms with van der Waals surface area (Å²) in [5.74, 6) is 0. The van der Waals surface area contributed by atoms with E-state index in [-0.39, 0.29) is 0 Å². The van der Waals surface area contributed by atoms with E-state index in [1.165, 1.54) is 0 Å². The van der Waals surface area contributed by atoms with Crippen LogP contribution in [0, 0.1) is 0 Å². The van der Waals surface area contributed by atoms with Crippen molar-refractivity contribution in [2.75, 3.05) is 25.6 Å². The zero-order chi connectivity index (χ0) is 10.0. The van der Waals surface area contributed by atoms with Crippen LogP contribution in [-0.2, 0) is 14.9 Å². The summed E-state index contributed by atoms with van der Waals surface area (Å²) in [4.78, 5) is 11.2. The first-order valence-corrected chi connectivity index (χ1v) is 4.61. The Hall–Kier alpha value is -1.35. The van der Waals surface area contributed by atoms with Crippen molar-refractivity contribution in [2.24, 2.45) is 0 Å². The van der Waals surface area contributed by atoms with Gasteiger partial charge in [0.15, 0.2) is 0 Å².